The zero-order valence-corrected chi connectivity index (χ0v) is 10.6. The third-order valence-corrected chi connectivity index (χ3v) is 2.07. The molecule has 2 N–H and O–H groups in total. The summed E-state index contributed by atoms with van der Waals surface area (Å²) < 4.78 is 0. The first kappa shape index (κ1) is 12.7. The summed E-state index contributed by atoms with van der Waals surface area (Å²) in [6.45, 7) is 10.5. The average Bonchev–Trinajstić information content (AvgIpc) is 2.48. The van der Waals surface area contributed by atoms with E-state index in [4.69, 9.17) is 0 Å². The third kappa shape index (κ3) is 4.00. The van der Waals surface area contributed by atoms with Crippen molar-refractivity contribution in [2.45, 2.75) is 46.6 Å². The van der Waals surface area contributed by atoms with E-state index in [9.17, 15) is 4.79 Å². The van der Waals surface area contributed by atoms with Crippen LogP contribution >= 0.6 is 0 Å². The minimum Gasteiger partial charge on any atom is -0.346 e. The summed E-state index contributed by atoms with van der Waals surface area (Å²) in [4.78, 5) is 11.8. The van der Waals surface area contributed by atoms with E-state index in [1.807, 2.05) is 13.8 Å². The van der Waals surface area contributed by atoms with Gasteiger partial charge in [-0.15, -0.1) is 0 Å². The molecule has 0 saturated carbocycles. The molecule has 0 aromatic carbocycles. The Balaban J connectivity index is 2.63. The fourth-order valence-corrected chi connectivity index (χ4v) is 2.05. The quantitative estimate of drug-likeness (QED) is 0.821. The number of hydrogen-bond acceptors (Lipinski definition) is 3. The van der Waals surface area contributed by atoms with Crippen LogP contribution in [0.2, 0.25) is 0 Å². The van der Waals surface area contributed by atoms with Crippen molar-refractivity contribution in [3.63, 3.8) is 0 Å². The zero-order valence-electron chi connectivity index (χ0n) is 10.6. The van der Waals surface area contributed by atoms with Gasteiger partial charge in [-0.05, 0) is 25.7 Å². The van der Waals surface area contributed by atoms with Crippen LogP contribution in [-0.4, -0.2) is 26.9 Å². The lowest BCUT2D eigenvalue weighted by Gasteiger charge is -2.33. The van der Waals surface area contributed by atoms with Crippen molar-refractivity contribution in [1.29, 1.82) is 0 Å². The Labute approximate surface area is 96.0 Å². The Morgan fingerprint density at radius 3 is 2.44 bits per heavy atom. The molecule has 0 aliphatic heterocycles. The Kier molecular flexibility index (Phi) is 3.35. The number of nitrogens with zero attached hydrogens (tertiary/aromatic N) is 2. The van der Waals surface area contributed by atoms with E-state index in [-0.39, 0.29) is 16.9 Å². The van der Waals surface area contributed by atoms with Crippen molar-refractivity contribution >= 4 is 5.91 Å². The smallest absolute Gasteiger partial charge is 0.273 e. The topological polar surface area (TPSA) is 70.7 Å². The maximum absolute atomic E-state index is 11.8. The van der Waals surface area contributed by atoms with Gasteiger partial charge in [0.15, 0.2) is 5.69 Å². The summed E-state index contributed by atoms with van der Waals surface area (Å²) in [5.41, 5.74) is 0.233. The number of H-pyrrole nitrogens is 1. The summed E-state index contributed by atoms with van der Waals surface area (Å²) in [5.74, 6) is -0.192. The van der Waals surface area contributed by atoms with Crippen molar-refractivity contribution in [1.82, 2.24) is 20.7 Å². The Hall–Kier alpha value is -1.39. The maximum atomic E-state index is 11.8. The summed E-state index contributed by atoms with van der Waals surface area (Å²) >= 11 is 0. The predicted molar refractivity (Wildman–Crippen MR) is 62.0 cm³/mol. The predicted octanol–water partition coefficient (Wildman–Crippen LogP) is 1.75. The minimum absolute atomic E-state index is 0.167. The Bertz CT molecular complexity index is 349. The first-order chi connectivity index (χ1) is 7.20. The monoisotopic (exact) mass is 224 g/mol. The van der Waals surface area contributed by atoms with Crippen molar-refractivity contribution in [2.24, 2.45) is 5.41 Å². The summed E-state index contributed by atoms with van der Waals surface area (Å²) in [6.07, 6.45) is 2.31. The van der Waals surface area contributed by atoms with Gasteiger partial charge in [-0.2, -0.15) is 15.4 Å². The van der Waals surface area contributed by atoms with Crippen LogP contribution in [0.1, 0.15) is 51.5 Å². The second-order valence-corrected chi connectivity index (χ2v) is 5.93. The number of aromatic nitrogens is 3. The number of rotatable bonds is 3. The molecule has 0 fully saturated rings. The molecule has 1 amide bonds. The van der Waals surface area contributed by atoms with E-state index >= 15 is 0 Å². The lowest BCUT2D eigenvalue weighted by atomic mass is 9.82. The molecule has 0 unspecified atom stereocenters. The number of carbonyl (C=O) groups is 1. The highest BCUT2D eigenvalue weighted by Gasteiger charge is 2.27. The molecule has 5 heteroatoms. The second kappa shape index (κ2) is 4.23. The number of hydrogen-bond donors (Lipinski definition) is 2. The van der Waals surface area contributed by atoms with Gasteiger partial charge >= 0.3 is 0 Å². The summed E-state index contributed by atoms with van der Waals surface area (Å²) in [6, 6.07) is 0. The fraction of sp³-hybridized carbons (Fsp3) is 0.727. The average molecular weight is 224 g/mol. The van der Waals surface area contributed by atoms with Gasteiger partial charge in [-0.1, -0.05) is 20.8 Å². The molecule has 1 aromatic heterocycles. The molecule has 0 aliphatic rings. The molecule has 1 rings (SSSR count). The maximum Gasteiger partial charge on any atom is 0.273 e. The van der Waals surface area contributed by atoms with Crippen LogP contribution in [0, 0.1) is 5.41 Å². The molecule has 0 atom stereocenters. The zero-order chi connectivity index (χ0) is 12.4. The lowest BCUT2D eigenvalue weighted by molar-refractivity contribution is 0.0886. The van der Waals surface area contributed by atoms with Crippen molar-refractivity contribution < 1.29 is 4.79 Å². The van der Waals surface area contributed by atoms with Gasteiger partial charge in [0.2, 0.25) is 0 Å². The number of carbonyl (C=O) groups excluding carboxylic acids is 1. The van der Waals surface area contributed by atoms with Crippen molar-refractivity contribution in [2.75, 3.05) is 0 Å². The van der Waals surface area contributed by atoms with E-state index < -0.39 is 0 Å². The molecule has 5 nitrogen and oxygen atoms in total. The molecule has 1 aromatic rings. The molecule has 0 radical (unpaired) electrons. The Morgan fingerprint density at radius 2 is 2.00 bits per heavy atom. The van der Waals surface area contributed by atoms with Crippen molar-refractivity contribution in [3.05, 3.63) is 11.9 Å². The van der Waals surface area contributed by atoms with Gasteiger partial charge in [-0.25, -0.2) is 0 Å². The van der Waals surface area contributed by atoms with Gasteiger partial charge in [-0.3, -0.25) is 4.79 Å². The Morgan fingerprint density at radius 1 is 1.38 bits per heavy atom. The molecule has 0 aliphatic carbocycles. The lowest BCUT2D eigenvalue weighted by Crippen LogP contribution is -2.45. The first-order valence-corrected chi connectivity index (χ1v) is 5.38. The third-order valence-electron chi connectivity index (χ3n) is 2.07. The molecule has 90 valence electrons. The highest BCUT2D eigenvalue weighted by Crippen LogP contribution is 2.26. The number of nitrogens with one attached hydrogen (secondary N) is 2. The van der Waals surface area contributed by atoms with E-state index in [0.29, 0.717) is 5.69 Å². The van der Waals surface area contributed by atoms with Crippen LogP contribution in [0.3, 0.4) is 0 Å². The first-order valence-electron chi connectivity index (χ1n) is 5.38. The standard InChI is InChI=1S/C11H20N4O/c1-10(2,3)7-11(4,5)13-9(16)8-6-12-15-14-8/h6H,7H2,1-5H3,(H,13,16)(H,12,14,15). The summed E-state index contributed by atoms with van der Waals surface area (Å²) in [7, 11) is 0. The molecule has 1 heterocycles. The SMILES string of the molecule is CC(C)(C)CC(C)(C)NC(=O)c1cn[nH]n1. The molecular formula is C11H20N4O. The molecule has 16 heavy (non-hydrogen) atoms. The highest BCUT2D eigenvalue weighted by atomic mass is 16.2. The normalized spacial score (nSPS) is 12.6. The van der Waals surface area contributed by atoms with Crippen LogP contribution in [0.25, 0.3) is 0 Å². The van der Waals surface area contributed by atoms with Gasteiger partial charge in [0, 0.05) is 5.54 Å². The molecular weight excluding hydrogens is 204 g/mol. The number of aromatic amines is 1. The molecule has 0 bridgehead atoms. The largest absolute Gasteiger partial charge is 0.346 e. The van der Waals surface area contributed by atoms with E-state index in [2.05, 4.69) is 41.5 Å². The van der Waals surface area contributed by atoms with Crippen LogP contribution < -0.4 is 5.32 Å². The van der Waals surface area contributed by atoms with E-state index in [1.165, 1.54) is 6.20 Å². The second-order valence-electron chi connectivity index (χ2n) is 5.93. The van der Waals surface area contributed by atoms with E-state index in [1.54, 1.807) is 0 Å². The molecule has 0 saturated heterocycles. The van der Waals surface area contributed by atoms with Gasteiger partial charge < -0.3 is 5.32 Å². The van der Waals surface area contributed by atoms with Crippen molar-refractivity contribution in [3.8, 4) is 0 Å². The van der Waals surface area contributed by atoms with Crippen LogP contribution in [0.4, 0.5) is 0 Å². The minimum atomic E-state index is -0.256. The van der Waals surface area contributed by atoms with Gasteiger partial charge in [0.25, 0.3) is 5.91 Å². The van der Waals surface area contributed by atoms with Gasteiger partial charge in [0.05, 0.1) is 6.20 Å². The summed E-state index contributed by atoms with van der Waals surface area (Å²) in [5, 5.41) is 12.7. The highest BCUT2D eigenvalue weighted by molar-refractivity contribution is 5.92. The van der Waals surface area contributed by atoms with Crippen LogP contribution in [0.15, 0.2) is 6.20 Å². The van der Waals surface area contributed by atoms with Crippen LogP contribution in [-0.2, 0) is 0 Å². The number of amides is 1. The fourth-order valence-electron chi connectivity index (χ4n) is 2.05. The molecule has 0 spiro atoms. The van der Waals surface area contributed by atoms with E-state index in [0.717, 1.165) is 6.42 Å². The van der Waals surface area contributed by atoms with Gasteiger partial charge in [0.1, 0.15) is 0 Å². The van der Waals surface area contributed by atoms with Crippen LogP contribution in [0.5, 0.6) is 0 Å².